The number of ether oxygens (including phenoxy) is 4. The Morgan fingerprint density at radius 2 is 1.64 bits per heavy atom. The molecule has 25 heavy (non-hydrogen) atoms. The minimum atomic E-state index is -0.0295. The van der Waals surface area contributed by atoms with Gasteiger partial charge in [0.05, 0.1) is 40.1 Å². The number of carbonyl (C=O) groups excluding carboxylic acids is 1. The molecule has 140 valence electrons. The SMILES string of the molecule is COc1cc(OC)c(OC)cc1CNC(=O)CN1CC(C)OC(C)C1. The molecule has 0 saturated carbocycles. The lowest BCUT2D eigenvalue weighted by Crippen LogP contribution is -2.49. The molecule has 2 rings (SSSR count). The van der Waals surface area contributed by atoms with Gasteiger partial charge in [0.15, 0.2) is 11.5 Å². The minimum Gasteiger partial charge on any atom is -0.496 e. The van der Waals surface area contributed by atoms with Crippen LogP contribution in [0.2, 0.25) is 0 Å². The van der Waals surface area contributed by atoms with Gasteiger partial charge in [-0.25, -0.2) is 0 Å². The molecule has 1 aromatic rings. The van der Waals surface area contributed by atoms with Gasteiger partial charge in [0, 0.05) is 31.3 Å². The first kappa shape index (κ1) is 19.3. The van der Waals surface area contributed by atoms with Crippen LogP contribution in [0.1, 0.15) is 19.4 Å². The van der Waals surface area contributed by atoms with E-state index in [0.29, 0.717) is 30.3 Å². The first-order valence-electron chi connectivity index (χ1n) is 8.40. The van der Waals surface area contributed by atoms with Crippen molar-refractivity contribution < 1.29 is 23.7 Å². The van der Waals surface area contributed by atoms with Gasteiger partial charge in [0.1, 0.15) is 5.75 Å². The maximum atomic E-state index is 12.3. The summed E-state index contributed by atoms with van der Waals surface area (Å²) in [5.41, 5.74) is 0.831. The van der Waals surface area contributed by atoms with Crippen molar-refractivity contribution in [1.29, 1.82) is 0 Å². The van der Waals surface area contributed by atoms with Crippen LogP contribution in [0.15, 0.2) is 12.1 Å². The molecular weight excluding hydrogens is 324 g/mol. The summed E-state index contributed by atoms with van der Waals surface area (Å²) in [7, 11) is 4.74. The van der Waals surface area contributed by atoms with E-state index >= 15 is 0 Å². The van der Waals surface area contributed by atoms with Crippen molar-refractivity contribution in [2.75, 3.05) is 41.0 Å². The number of hydrogen-bond acceptors (Lipinski definition) is 6. The van der Waals surface area contributed by atoms with Crippen LogP contribution in [0.4, 0.5) is 0 Å². The molecule has 1 saturated heterocycles. The molecule has 1 amide bonds. The van der Waals surface area contributed by atoms with Gasteiger partial charge >= 0.3 is 0 Å². The highest BCUT2D eigenvalue weighted by Gasteiger charge is 2.23. The maximum absolute atomic E-state index is 12.3. The zero-order valence-electron chi connectivity index (χ0n) is 15.6. The lowest BCUT2D eigenvalue weighted by atomic mass is 10.1. The number of carbonyl (C=O) groups is 1. The fraction of sp³-hybridized carbons (Fsp3) is 0.611. The average Bonchev–Trinajstić information content (AvgIpc) is 2.58. The van der Waals surface area contributed by atoms with Crippen molar-refractivity contribution in [3.63, 3.8) is 0 Å². The third kappa shape index (κ3) is 5.24. The Bertz CT molecular complexity index is 583. The molecule has 1 aromatic carbocycles. The molecule has 1 aliphatic rings. The molecule has 1 heterocycles. The van der Waals surface area contributed by atoms with E-state index < -0.39 is 0 Å². The van der Waals surface area contributed by atoms with E-state index in [-0.39, 0.29) is 18.1 Å². The van der Waals surface area contributed by atoms with E-state index in [0.717, 1.165) is 18.7 Å². The number of methoxy groups -OCH3 is 3. The van der Waals surface area contributed by atoms with Crippen molar-refractivity contribution in [2.24, 2.45) is 0 Å². The van der Waals surface area contributed by atoms with Crippen LogP contribution in [0.3, 0.4) is 0 Å². The zero-order chi connectivity index (χ0) is 18.4. The summed E-state index contributed by atoms with van der Waals surface area (Å²) in [5.74, 6) is 1.80. The van der Waals surface area contributed by atoms with Gasteiger partial charge in [-0.15, -0.1) is 0 Å². The summed E-state index contributed by atoms with van der Waals surface area (Å²) in [6.45, 7) is 6.28. The molecule has 0 aromatic heterocycles. The molecule has 7 heteroatoms. The molecule has 1 aliphatic heterocycles. The molecule has 1 N–H and O–H groups in total. The third-order valence-corrected chi connectivity index (χ3v) is 4.13. The van der Waals surface area contributed by atoms with Crippen molar-refractivity contribution in [3.05, 3.63) is 17.7 Å². The lowest BCUT2D eigenvalue weighted by molar-refractivity contribution is -0.126. The monoisotopic (exact) mass is 352 g/mol. The number of nitrogens with one attached hydrogen (secondary N) is 1. The second kappa shape index (κ2) is 8.92. The van der Waals surface area contributed by atoms with Crippen molar-refractivity contribution in [3.8, 4) is 17.2 Å². The summed E-state index contributed by atoms with van der Waals surface area (Å²) in [6, 6.07) is 3.57. The van der Waals surface area contributed by atoms with Crippen LogP contribution in [-0.4, -0.2) is 64.0 Å². The van der Waals surface area contributed by atoms with Gasteiger partial charge in [-0.05, 0) is 19.9 Å². The second-order valence-corrected chi connectivity index (χ2v) is 6.25. The van der Waals surface area contributed by atoms with Crippen LogP contribution in [0.5, 0.6) is 17.2 Å². The summed E-state index contributed by atoms with van der Waals surface area (Å²) in [6.07, 6.45) is 0.282. The topological polar surface area (TPSA) is 69.3 Å². The molecular formula is C18H28N2O5. The summed E-state index contributed by atoms with van der Waals surface area (Å²) < 4.78 is 21.7. The average molecular weight is 352 g/mol. The second-order valence-electron chi connectivity index (χ2n) is 6.25. The lowest BCUT2D eigenvalue weighted by Gasteiger charge is -2.34. The van der Waals surface area contributed by atoms with Crippen LogP contribution in [0.25, 0.3) is 0 Å². The van der Waals surface area contributed by atoms with Gasteiger partial charge in [0.25, 0.3) is 0 Å². The third-order valence-electron chi connectivity index (χ3n) is 4.13. The Labute approximate surface area is 149 Å². The first-order chi connectivity index (χ1) is 12.0. The number of rotatable bonds is 7. The highest BCUT2D eigenvalue weighted by molar-refractivity contribution is 5.78. The van der Waals surface area contributed by atoms with E-state index in [1.165, 1.54) is 0 Å². The summed E-state index contributed by atoms with van der Waals surface area (Å²) >= 11 is 0. The molecule has 0 spiro atoms. The van der Waals surface area contributed by atoms with Gasteiger partial charge in [-0.3, -0.25) is 9.69 Å². The Balaban J connectivity index is 1.97. The quantitative estimate of drug-likeness (QED) is 0.801. The number of amides is 1. The Kier molecular flexibility index (Phi) is 6.90. The fourth-order valence-corrected chi connectivity index (χ4v) is 3.10. The van der Waals surface area contributed by atoms with Crippen LogP contribution < -0.4 is 19.5 Å². The van der Waals surface area contributed by atoms with E-state index in [1.54, 1.807) is 27.4 Å². The summed E-state index contributed by atoms with van der Waals surface area (Å²) in [4.78, 5) is 14.4. The smallest absolute Gasteiger partial charge is 0.234 e. The molecule has 7 nitrogen and oxygen atoms in total. The van der Waals surface area contributed by atoms with E-state index in [1.807, 2.05) is 19.9 Å². The maximum Gasteiger partial charge on any atom is 0.234 e. The largest absolute Gasteiger partial charge is 0.496 e. The fourth-order valence-electron chi connectivity index (χ4n) is 3.10. The normalized spacial score (nSPS) is 20.8. The van der Waals surface area contributed by atoms with Crippen molar-refractivity contribution in [2.45, 2.75) is 32.6 Å². The van der Waals surface area contributed by atoms with Gasteiger partial charge in [-0.1, -0.05) is 0 Å². The van der Waals surface area contributed by atoms with Crippen molar-refractivity contribution in [1.82, 2.24) is 10.2 Å². The standard InChI is InChI=1S/C18H28N2O5/c1-12-9-20(10-13(2)25-12)11-18(21)19-8-14-6-16(23-4)17(24-5)7-15(14)22-3/h6-7,12-13H,8-11H2,1-5H3,(H,19,21). The van der Waals surface area contributed by atoms with Crippen LogP contribution >= 0.6 is 0 Å². The number of nitrogens with zero attached hydrogens (tertiary/aromatic N) is 1. The Morgan fingerprint density at radius 3 is 2.20 bits per heavy atom. The highest BCUT2D eigenvalue weighted by Crippen LogP contribution is 2.34. The highest BCUT2D eigenvalue weighted by atomic mass is 16.5. The van der Waals surface area contributed by atoms with E-state index in [2.05, 4.69) is 10.2 Å². The van der Waals surface area contributed by atoms with E-state index in [9.17, 15) is 4.79 Å². The van der Waals surface area contributed by atoms with Gasteiger partial charge in [0.2, 0.25) is 5.91 Å². The molecule has 0 radical (unpaired) electrons. The van der Waals surface area contributed by atoms with Crippen molar-refractivity contribution >= 4 is 5.91 Å². The summed E-state index contributed by atoms with van der Waals surface area (Å²) in [5, 5.41) is 2.94. The van der Waals surface area contributed by atoms with Crippen LogP contribution in [0, 0.1) is 0 Å². The van der Waals surface area contributed by atoms with Gasteiger partial charge < -0.3 is 24.3 Å². The number of benzene rings is 1. The molecule has 2 atom stereocenters. The Morgan fingerprint density at radius 1 is 1.08 bits per heavy atom. The van der Waals surface area contributed by atoms with Crippen LogP contribution in [-0.2, 0) is 16.1 Å². The molecule has 0 aliphatic carbocycles. The van der Waals surface area contributed by atoms with E-state index in [4.69, 9.17) is 18.9 Å². The van der Waals surface area contributed by atoms with Gasteiger partial charge in [-0.2, -0.15) is 0 Å². The number of hydrogen-bond donors (Lipinski definition) is 1. The molecule has 0 bridgehead atoms. The zero-order valence-corrected chi connectivity index (χ0v) is 15.6. The Hall–Kier alpha value is -1.99. The predicted molar refractivity (Wildman–Crippen MR) is 94.4 cm³/mol. The number of morpholine rings is 1. The predicted octanol–water partition coefficient (Wildman–Crippen LogP) is 1.44. The molecule has 2 unspecified atom stereocenters. The molecule has 1 fully saturated rings. The first-order valence-corrected chi connectivity index (χ1v) is 8.40. The minimum absolute atomic E-state index is 0.0295.